The van der Waals surface area contributed by atoms with Gasteiger partial charge in [-0.1, -0.05) is 60.0 Å². The highest BCUT2D eigenvalue weighted by molar-refractivity contribution is 5.66. The normalized spacial score (nSPS) is 44.3. The molecule has 0 amide bonds. The number of esters is 1. The third-order valence-electron chi connectivity index (χ3n) is 10.6. The predicted molar refractivity (Wildman–Crippen MR) is 130 cm³/mol. The molecular weight excluding hydrogens is 396 g/mol. The molecule has 0 aromatic heterocycles. The molecule has 0 saturated heterocycles. The average Bonchev–Trinajstić information content (AvgIpc) is 3.07. The summed E-state index contributed by atoms with van der Waals surface area (Å²) in [5.41, 5.74) is 1.79. The molecule has 3 saturated carbocycles. The Labute approximate surface area is 196 Å². The Kier molecular flexibility index (Phi) is 6.90. The van der Waals surface area contributed by atoms with Gasteiger partial charge in [-0.15, -0.1) is 0 Å². The average molecular weight is 445 g/mol. The lowest BCUT2D eigenvalue weighted by Crippen LogP contribution is -2.54. The second-order valence-electron chi connectivity index (χ2n) is 12.9. The van der Waals surface area contributed by atoms with Crippen LogP contribution in [0.15, 0.2) is 11.6 Å². The lowest BCUT2D eigenvalue weighted by molar-refractivity contribution is -0.155. The maximum absolute atomic E-state index is 11.8. The highest BCUT2D eigenvalue weighted by atomic mass is 16.6. The number of aliphatic hydroxyl groups is 1. The lowest BCUT2D eigenvalue weighted by Gasteiger charge is -2.59. The van der Waals surface area contributed by atoms with Gasteiger partial charge in [0.15, 0.2) is 0 Å². The van der Waals surface area contributed by atoms with Crippen LogP contribution in [0.25, 0.3) is 0 Å². The van der Waals surface area contributed by atoms with E-state index < -0.39 is 12.2 Å². The van der Waals surface area contributed by atoms with Crippen molar-refractivity contribution in [3.63, 3.8) is 0 Å². The fraction of sp³-hybridized carbons (Fsp3) is 0.897. The summed E-state index contributed by atoms with van der Waals surface area (Å²) in [5.74, 6) is 4.50. The minimum absolute atomic E-state index is 0.0740. The quantitative estimate of drug-likeness (QED) is 0.357. The molecule has 9 atom stereocenters. The Morgan fingerprint density at radius 1 is 1.09 bits per heavy atom. The number of allylic oxidation sites excluding steroid dienone is 1. The molecule has 0 heterocycles. The Balaban J connectivity index is 1.53. The minimum atomic E-state index is -0.550. The summed E-state index contributed by atoms with van der Waals surface area (Å²) < 4.78 is 5.67. The van der Waals surface area contributed by atoms with Crippen LogP contribution in [0.1, 0.15) is 106 Å². The van der Waals surface area contributed by atoms with Crippen molar-refractivity contribution < 1.29 is 14.6 Å². The van der Waals surface area contributed by atoms with Crippen LogP contribution < -0.4 is 0 Å². The van der Waals surface area contributed by atoms with Gasteiger partial charge in [0.2, 0.25) is 0 Å². The summed E-state index contributed by atoms with van der Waals surface area (Å²) in [5, 5.41) is 10.6. The molecule has 0 aromatic rings. The zero-order valence-corrected chi connectivity index (χ0v) is 21.5. The van der Waals surface area contributed by atoms with Gasteiger partial charge in [0.05, 0.1) is 6.10 Å². The van der Waals surface area contributed by atoms with Crippen LogP contribution >= 0.6 is 0 Å². The van der Waals surface area contributed by atoms with Gasteiger partial charge in [-0.25, -0.2) is 0 Å². The summed E-state index contributed by atoms with van der Waals surface area (Å²) >= 11 is 0. The number of fused-ring (bicyclic) bond motifs is 5. The fourth-order valence-electron chi connectivity index (χ4n) is 9.04. The van der Waals surface area contributed by atoms with Crippen molar-refractivity contribution >= 4 is 5.97 Å². The predicted octanol–water partition coefficient (Wildman–Crippen LogP) is 6.93. The Bertz CT molecular complexity index is 726. The molecule has 3 heteroatoms. The smallest absolute Gasteiger partial charge is 0.303 e. The maximum atomic E-state index is 11.8. The summed E-state index contributed by atoms with van der Waals surface area (Å²) in [6.45, 7) is 13.8. The zero-order valence-electron chi connectivity index (χ0n) is 21.5. The van der Waals surface area contributed by atoms with E-state index in [2.05, 4.69) is 40.7 Å². The van der Waals surface area contributed by atoms with Crippen LogP contribution in [0.5, 0.6) is 0 Å². The van der Waals surface area contributed by atoms with E-state index in [0.717, 1.165) is 48.9 Å². The Morgan fingerprint density at radius 3 is 2.53 bits per heavy atom. The minimum Gasteiger partial charge on any atom is -0.455 e. The molecule has 4 aliphatic carbocycles. The summed E-state index contributed by atoms with van der Waals surface area (Å²) in [7, 11) is 0. The van der Waals surface area contributed by atoms with E-state index in [0.29, 0.717) is 11.3 Å². The molecule has 1 N–H and O–H groups in total. The van der Waals surface area contributed by atoms with Crippen molar-refractivity contribution in [3.8, 4) is 0 Å². The van der Waals surface area contributed by atoms with Gasteiger partial charge < -0.3 is 9.84 Å². The number of hydrogen-bond acceptors (Lipinski definition) is 3. The first-order valence-corrected chi connectivity index (χ1v) is 13.6. The van der Waals surface area contributed by atoms with E-state index in [-0.39, 0.29) is 11.4 Å². The molecule has 0 aromatic carbocycles. The molecule has 0 radical (unpaired) electrons. The molecule has 0 unspecified atom stereocenters. The topological polar surface area (TPSA) is 46.5 Å². The van der Waals surface area contributed by atoms with Crippen LogP contribution in [0, 0.1) is 46.3 Å². The van der Waals surface area contributed by atoms with Crippen molar-refractivity contribution in [1.82, 2.24) is 0 Å². The summed E-state index contributed by atoms with van der Waals surface area (Å²) in [6.07, 6.45) is 13.9. The number of carbonyl (C=O) groups is 1. The number of carbonyl (C=O) groups excluding carboxylic acids is 1. The van der Waals surface area contributed by atoms with Crippen LogP contribution in [0.3, 0.4) is 0 Å². The fourth-order valence-corrected chi connectivity index (χ4v) is 9.04. The molecule has 0 bridgehead atoms. The van der Waals surface area contributed by atoms with Crippen LogP contribution in [-0.4, -0.2) is 23.3 Å². The largest absolute Gasteiger partial charge is 0.455 e. The van der Waals surface area contributed by atoms with Gasteiger partial charge in [-0.2, -0.15) is 0 Å². The molecule has 3 nitrogen and oxygen atoms in total. The van der Waals surface area contributed by atoms with Gasteiger partial charge in [-0.3, -0.25) is 4.79 Å². The first-order chi connectivity index (χ1) is 15.1. The van der Waals surface area contributed by atoms with Crippen molar-refractivity contribution in [1.29, 1.82) is 0 Å². The van der Waals surface area contributed by atoms with Crippen LogP contribution in [0.2, 0.25) is 0 Å². The number of rotatable bonds is 6. The molecular formula is C29H48O3. The number of ether oxygens (including phenoxy) is 1. The standard InChI is InChI=1S/C29H48O3/c1-18(2)8-7-9-19(3)22-12-13-23-21-10-11-25-27(32-20(4)30)26(31)15-17-29(25,6)24(21)14-16-28(22,23)5/h11,18-19,21-24,26-27,31H,7-10,12-17H2,1-6H3/t19-,21+,22-,23+,24+,26+,27-,28-,29-/m1/s1. The summed E-state index contributed by atoms with van der Waals surface area (Å²) in [4.78, 5) is 11.8. The van der Waals surface area contributed by atoms with E-state index in [1.165, 1.54) is 57.4 Å². The van der Waals surface area contributed by atoms with E-state index in [9.17, 15) is 9.90 Å². The monoisotopic (exact) mass is 444 g/mol. The van der Waals surface area contributed by atoms with Gasteiger partial charge in [0, 0.05) is 6.92 Å². The maximum Gasteiger partial charge on any atom is 0.303 e. The highest BCUT2D eigenvalue weighted by Crippen LogP contribution is 2.67. The zero-order chi connectivity index (χ0) is 23.3. The molecule has 32 heavy (non-hydrogen) atoms. The summed E-state index contributed by atoms with van der Waals surface area (Å²) in [6, 6.07) is 0. The van der Waals surface area contributed by atoms with Crippen molar-refractivity contribution in [2.45, 2.75) is 118 Å². The second kappa shape index (κ2) is 9.08. The number of aliphatic hydroxyl groups excluding tert-OH is 1. The highest BCUT2D eigenvalue weighted by Gasteiger charge is 2.60. The third-order valence-corrected chi connectivity index (χ3v) is 10.6. The van der Waals surface area contributed by atoms with Gasteiger partial charge in [0.1, 0.15) is 6.10 Å². The van der Waals surface area contributed by atoms with E-state index in [4.69, 9.17) is 4.74 Å². The van der Waals surface area contributed by atoms with Crippen LogP contribution in [-0.2, 0) is 9.53 Å². The molecule has 3 fully saturated rings. The molecule has 0 spiro atoms. The lowest BCUT2D eigenvalue weighted by atomic mass is 9.46. The molecule has 4 rings (SSSR count). The number of hydrogen-bond donors (Lipinski definition) is 1. The first-order valence-electron chi connectivity index (χ1n) is 13.6. The van der Waals surface area contributed by atoms with Crippen LogP contribution in [0.4, 0.5) is 0 Å². The Morgan fingerprint density at radius 2 is 1.84 bits per heavy atom. The molecule has 4 aliphatic rings. The van der Waals surface area contributed by atoms with Crippen molar-refractivity contribution in [3.05, 3.63) is 11.6 Å². The molecule has 0 aliphatic heterocycles. The third kappa shape index (κ3) is 4.10. The Hall–Kier alpha value is -0.830. The van der Waals surface area contributed by atoms with E-state index in [1.54, 1.807) is 0 Å². The second-order valence-corrected chi connectivity index (χ2v) is 12.9. The van der Waals surface area contributed by atoms with Gasteiger partial charge >= 0.3 is 5.97 Å². The van der Waals surface area contributed by atoms with Gasteiger partial charge in [-0.05, 0) is 96.9 Å². The van der Waals surface area contributed by atoms with Crippen molar-refractivity contribution in [2.24, 2.45) is 46.3 Å². The van der Waals surface area contributed by atoms with E-state index in [1.807, 2.05) is 0 Å². The van der Waals surface area contributed by atoms with E-state index >= 15 is 0 Å². The SMILES string of the molecule is CC(=O)O[C@@H]1C2=CC[C@H]3[C@@H]4CC[C@H]([C@H](C)CCCC(C)C)[C@@]4(C)CC[C@@H]3[C@@]2(C)CC[C@@H]1O. The van der Waals surface area contributed by atoms with Gasteiger partial charge in [0.25, 0.3) is 0 Å². The molecule has 182 valence electrons. The van der Waals surface area contributed by atoms with Crippen molar-refractivity contribution in [2.75, 3.05) is 0 Å². The first kappa shape index (κ1) is 24.3.